The summed E-state index contributed by atoms with van der Waals surface area (Å²) in [6, 6.07) is 0. The van der Waals surface area contributed by atoms with Crippen LogP contribution < -0.4 is 0 Å². The van der Waals surface area contributed by atoms with Gasteiger partial charge in [-0.15, -0.1) is 0 Å². The maximum absolute atomic E-state index is 11.5. The van der Waals surface area contributed by atoms with Crippen LogP contribution in [0.2, 0.25) is 5.54 Å². The summed E-state index contributed by atoms with van der Waals surface area (Å²) < 4.78 is 10.7. The van der Waals surface area contributed by atoms with Crippen LogP contribution in [0.15, 0.2) is 0 Å². The van der Waals surface area contributed by atoms with Gasteiger partial charge in [-0.25, -0.2) is 0 Å². The van der Waals surface area contributed by atoms with Crippen molar-refractivity contribution in [3.63, 3.8) is 0 Å². The van der Waals surface area contributed by atoms with E-state index in [2.05, 4.69) is 6.92 Å². The zero-order valence-electron chi connectivity index (χ0n) is 11.1. The van der Waals surface area contributed by atoms with E-state index in [1.165, 1.54) is 12.8 Å². The minimum absolute atomic E-state index is 0.0198. The number of carbonyl (C=O) groups is 1. The molecule has 0 aliphatic carbocycles. The lowest BCUT2D eigenvalue weighted by Gasteiger charge is -2.13. The molecule has 0 rings (SSSR count). The summed E-state index contributed by atoms with van der Waals surface area (Å²) in [5.74, 6) is -0.0798. The van der Waals surface area contributed by atoms with E-state index in [1.807, 2.05) is 20.8 Å². The van der Waals surface area contributed by atoms with Crippen molar-refractivity contribution >= 4 is 15.7 Å². The topological polar surface area (TPSA) is 35.5 Å². The van der Waals surface area contributed by atoms with Gasteiger partial charge in [0.2, 0.25) is 0 Å². The fourth-order valence-corrected chi connectivity index (χ4v) is 2.18. The third-order valence-corrected chi connectivity index (χ3v) is 4.02. The van der Waals surface area contributed by atoms with Crippen LogP contribution >= 0.6 is 0 Å². The normalized spacial score (nSPS) is 13.6. The predicted molar refractivity (Wildman–Crippen MR) is 69.3 cm³/mol. The van der Waals surface area contributed by atoms with Gasteiger partial charge in [0.25, 0.3) is 0 Å². The molecule has 0 aromatic rings. The van der Waals surface area contributed by atoms with Crippen LogP contribution in [0.25, 0.3) is 0 Å². The standard InChI is InChI=1S/C12H26O3Si/c1-5-6-7-8-9-14-12(13)11(4)16-15-10(2)3/h10-11H,5-9,16H2,1-4H3. The van der Waals surface area contributed by atoms with Crippen molar-refractivity contribution in [1.29, 1.82) is 0 Å². The lowest BCUT2D eigenvalue weighted by atomic mass is 10.2. The molecule has 4 heteroatoms. The smallest absolute Gasteiger partial charge is 0.307 e. The quantitative estimate of drug-likeness (QED) is 0.356. The predicted octanol–water partition coefficient (Wildman–Crippen LogP) is 2.43. The summed E-state index contributed by atoms with van der Waals surface area (Å²) in [6.45, 7) is 8.64. The molecule has 3 nitrogen and oxygen atoms in total. The lowest BCUT2D eigenvalue weighted by Crippen LogP contribution is -2.20. The Bertz CT molecular complexity index is 183. The highest BCUT2D eigenvalue weighted by Gasteiger charge is 2.15. The molecule has 0 fully saturated rings. The van der Waals surface area contributed by atoms with Crippen molar-refractivity contribution in [2.75, 3.05) is 6.61 Å². The van der Waals surface area contributed by atoms with Crippen molar-refractivity contribution in [1.82, 2.24) is 0 Å². The molecule has 0 saturated carbocycles. The molecule has 0 saturated heterocycles. The number of ether oxygens (including phenoxy) is 1. The fraction of sp³-hybridized carbons (Fsp3) is 0.917. The number of unbranched alkanes of at least 4 members (excludes halogenated alkanes) is 3. The second kappa shape index (κ2) is 9.84. The Hall–Kier alpha value is -0.353. The van der Waals surface area contributed by atoms with Crippen LogP contribution in [0.5, 0.6) is 0 Å². The third kappa shape index (κ3) is 8.92. The van der Waals surface area contributed by atoms with Gasteiger partial charge in [-0.1, -0.05) is 33.1 Å². The number of hydrogen-bond donors (Lipinski definition) is 0. The molecule has 0 spiro atoms. The van der Waals surface area contributed by atoms with E-state index in [9.17, 15) is 4.79 Å². The first-order valence-corrected chi connectivity index (χ1v) is 7.75. The summed E-state index contributed by atoms with van der Waals surface area (Å²) in [4.78, 5) is 11.5. The van der Waals surface area contributed by atoms with Crippen LogP contribution in [0.1, 0.15) is 53.4 Å². The van der Waals surface area contributed by atoms with Gasteiger partial charge >= 0.3 is 5.97 Å². The van der Waals surface area contributed by atoms with Crippen molar-refractivity contribution in [2.45, 2.75) is 65.0 Å². The van der Waals surface area contributed by atoms with Gasteiger partial charge in [0.15, 0.2) is 9.76 Å². The van der Waals surface area contributed by atoms with Crippen LogP contribution in [0.3, 0.4) is 0 Å². The largest absolute Gasteiger partial charge is 0.466 e. The Kier molecular flexibility index (Phi) is 9.63. The van der Waals surface area contributed by atoms with Crippen LogP contribution in [0.4, 0.5) is 0 Å². The van der Waals surface area contributed by atoms with Crippen LogP contribution in [-0.4, -0.2) is 28.4 Å². The van der Waals surface area contributed by atoms with E-state index in [1.54, 1.807) is 0 Å². The minimum Gasteiger partial charge on any atom is -0.466 e. The molecule has 0 heterocycles. The molecule has 0 bridgehead atoms. The van der Waals surface area contributed by atoms with Crippen molar-refractivity contribution in [3.05, 3.63) is 0 Å². The van der Waals surface area contributed by atoms with E-state index in [-0.39, 0.29) is 17.6 Å². The average molecular weight is 246 g/mol. The van der Waals surface area contributed by atoms with Gasteiger partial charge in [0.1, 0.15) is 0 Å². The molecule has 0 amide bonds. The first-order valence-electron chi connectivity index (χ1n) is 6.36. The van der Waals surface area contributed by atoms with E-state index >= 15 is 0 Å². The monoisotopic (exact) mass is 246 g/mol. The summed E-state index contributed by atoms with van der Waals surface area (Å²) >= 11 is 0. The Morgan fingerprint density at radius 1 is 1.19 bits per heavy atom. The van der Waals surface area contributed by atoms with Crippen molar-refractivity contribution in [2.24, 2.45) is 0 Å². The molecule has 1 atom stereocenters. The second-order valence-electron chi connectivity index (χ2n) is 4.51. The van der Waals surface area contributed by atoms with Crippen molar-refractivity contribution < 1.29 is 14.0 Å². The molecule has 0 aliphatic heterocycles. The molecule has 0 N–H and O–H groups in total. The summed E-state index contributed by atoms with van der Waals surface area (Å²) in [5.41, 5.74) is -0.0198. The zero-order valence-corrected chi connectivity index (χ0v) is 12.5. The first kappa shape index (κ1) is 15.6. The van der Waals surface area contributed by atoms with Gasteiger partial charge in [0.05, 0.1) is 12.1 Å². The van der Waals surface area contributed by atoms with Gasteiger partial charge < -0.3 is 9.16 Å². The number of esters is 1. The van der Waals surface area contributed by atoms with E-state index < -0.39 is 9.76 Å². The van der Waals surface area contributed by atoms with E-state index in [0.717, 1.165) is 12.8 Å². The Labute approximate surface area is 102 Å². The molecule has 96 valence electrons. The molecule has 1 unspecified atom stereocenters. The van der Waals surface area contributed by atoms with Crippen molar-refractivity contribution in [3.8, 4) is 0 Å². The Morgan fingerprint density at radius 2 is 1.88 bits per heavy atom. The lowest BCUT2D eigenvalue weighted by molar-refractivity contribution is -0.143. The highest BCUT2D eigenvalue weighted by molar-refractivity contribution is 6.36. The molecular weight excluding hydrogens is 220 g/mol. The number of rotatable bonds is 9. The van der Waals surface area contributed by atoms with Crippen LogP contribution in [-0.2, 0) is 14.0 Å². The zero-order chi connectivity index (χ0) is 12.4. The highest BCUT2D eigenvalue weighted by atomic mass is 28.2. The van der Waals surface area contributed by atoms with Gasteiger partial charge in [0, 0.05) is 6.10 Å². The molecule has 0 aliphatic rings. The summed E-state index contributed by atoms with van der Waals surface area (Å²) in [7, 11) is -0.778. The van der Waals surface area contributed by atoms with Crippen LogP contribution in [0, 0.1) is 0 Å². The maximum Gasteiger partial charge on any atom is 0.307 e. The van der Waals surface area contributed by atoms with Gasteiger partial charge in [-0.05, 0) is 20.3 Å². The summed E-state index contributed by atoms with van der Waals surface area (Å²) in [5, 5.41) is 0. The molecule has 16 heavy (non-hydrogen) atoms. The highest BCUT2D eigenvalue weighted by Crippen LogP contribution is 2.07. The number of carbonyl (C=O) groups excluding carboxylic acids is 1. The van der Waals surface area contributed by atoms with E-state index in [0.29, 0.717) is 6.61 Å². The van der Waals surface area contributed by atoms with Gasteiger partial charge in [-0.3, -0.25) is 4.79 Å². The van der Waals surface area contributed by atoms with Gasteiger partial charge in [-0.2, -0.15) is 0 Å². The molecule has 0 aromatic carbocycles. The SMILES string of the molecule is CCCCCCOC(=O)C(C)[SiH2]OC(C)C. The summed E-state index contributed by atoms with van der Waals surface area (Å²) in [6.07, 6.45) is 4.79. The fourth-order valence-electron chi connectivity index (χ4n) is 1.25. The van der Waals surface area contributed by atoms with E-state index in [4.69, 9.17) is 9.16 Å². The molecule has 0 radical (unpaired) electrons. The molecule has 0 aromatic heterocycles. The average Bonchev–Trinajstić information content (AvgIpc) is 2.25. The Balaban J connectivity index is 3.47. The number of hydrogen-bond acceptors (Lipinski definition) is 3. The first-order chi connectivity index (χ1) is 7.57. The third-order valence-electron chi connectivity index (χ3n) is 2.32. The maximum atomic E-state index is 11.5. The Morgan fingerprint density at radius 3 is 2.44 bits per heavy atom. The molecular formula is C12H26O3Si. The second-order valence-corrected chi connectivity index (χ2v) is 6.40. The minimum atomic E-state index is -0.778.